The SMILES string of the molecule is COc1ccccc1C=CC(=O)OCc1cc([N+](=O)[O-])cc2c1OCOC2. The van der Waals surface area contributed by atoms with E-state index in [2.05, 4.69) is 0 Å². The molecule has 0 saturated heterocycles. The molecule has 0 saturated carbocycles. The quantitative estimate of drug-likeness (QED) is 0.333. The van der Waals surface area contributed by atoms with Gasteiger partial charge in [0.1, 0.15) is 18.1 Å². The van der Waals surface area contributed by atoms with Crippen molar-refractivity contribution in [2.75, 3.05) is 13.9 Å². The second-order valence-electron chi connectivity index (χ2n) is 5.64. The van der Waals surface area contributed by atoms with E-state index in [0.29, 0.717) is 22.6 Å². The molecule has 0 spiro atoms. The van der Waals surface area contributed by atoms with Crippen molar-refractivity contribution in [3.63, 3.8) is 0 Å². The number of fused-ring (bicyclic) bond motifs is 1. The van der Waals surface area contributed by atoms with Gasteiger partial charge in [0.2, 0.25) is 0 Å². The summed E-state index contributed by atoms with van der Waals surface area (Å²) in [7, 11) is 1.54. The van der Waals surface area contributed by atoms with Gasteiger partial charge in [-0.25, -0.2) is 4.79 Å². The first kappa shape index (κ1) is 18.4. The molecule has 0 radical (unpaired) electrons. The summed E-state index contributed by atoms with van der Waals surface area (Å²) in [6, 6.07) is 9.95. The summed E-state index contributed by atoms with van der Waals surface area (Å²) < 4.78 is 21.0. The number of esters is 1. The Balaban J connectivity index is 1.72. The van der Waals surface area contributed by atoms with Crippen molar-refractivity contribution in [1.82, 2.24) is 0 Å². The van der Waals surface area contributed by atoms with Crippen LogP contribution in [0.2, 0.25) is 0 Å². The Morgan fingerprint density at radius 3 is 2.93 bits per heavy atom. The van der Waals surface area contributed by atoms with Crippen LogP contribution in [0.4, 0.5) is 5.69 Å². The molecule has 2 aromatic carbocycles. The van der Waals surface area contributed by atoms with E-state index in [-0.39, 0.29) is 25.7 Å². The van der Waals surface area contributed by atoms with Crippen molar-refractivity contribution in [2.24, 2.45) is 0 Å². The summed E-state index contributed by atoms with van der Waals surface area (Å²) in [6.45, 7) is 0.0875. The van der Waals surface area contributed by atoms with Gasteiger partial charge >= 0.3 is 5.97 Å². The molecule has 0 fully saturated rings. The summed E-state index contributed by atoms with van der Waals surface area (Å²) in [6.07, 6.45) is 2.85. The van der Waals surface area contributed by atoms with Crippen molar-refractivity contribution < 1.29 is 28.7 Å². The Morgan fingerprint density at radius 1 is 1.33 bits per heavy atom. The fourth-order valence-corrected chi connectivity index (χ4v) is 2.65. The first-order valence-corrected chi connectivity index (χ1v) is 8.07. The lowest BCUT2D eigenvalue weighted by Gasteiger charge is -2.20. The third kappa shape index (κ3) is 4.42. The zero-order valence-corrected chi connectivity index (χ0v) is 14.5. The van der Waals surface area contributed by atoms with Crippen LogP contribution in [-0.4, -0.2) is 24.8 Å². The van der Waals surface area contributed by atoms with Crippen LogP contribution in [0.25, 0.3) is 6.08 Å². The van der Waals surface area contributed by atoms with Crippen LogP contribution in [0.15, 0.2) is 42.5 Å². The van der Waals surface area contributed by atoms with Crippen LogP contribution >= 0.6 is 0 Å². The van der Waals surface area contributed by atoms with Crippen molar-refractivity contribution in [3.8, 4) is 11.5 Å². The number of carbonyl (C=O) groups excluding carboxylic acids is 1. The number of hydrogen-bond donors (Lipinski definition) is 0. The highest BCUT2D eigenvalue weighted by atomic mass is 16.7. The minimum absolute atomic E-state index is 0.0411. The number of benzene rings is 2. The molecule has 0 aliphatic carbocycles. The minimum atomic E-state index is -0.590. The predicted octanol–water partition coefficient (Wildman–Crippen LogP) is 3.23. The second kappa shape index (κ2) is 8.33. The topological polar surface area (TPSA) is 97.1 Å². The zero-order valence-electron chi connectivity index (χ0n) is 14.5. The minimum Gasteiger partial charge on any atom is -0.496 e. The second-order valence-corrected chi connectivity index (χ2v) is 5.64. The summed E-state index contributed by atoms with van der Waals surface area (Å²) in [5.74, 6) is 0.490. The van der Waals surface area contributed by atoms with Crippen LogP contribution < -0.4 is 9.47 Å². The summed E-state index contributed by atoms with van der Waals surface area (Å²) >= 11 is 0. The van der Waals surface area contributed by atoms with E-state index in [4.69, 9.17) is 18.9 Å². The third-order valence-corrected chi connectivity index (χ3v) is 3.89. The Morgan fingerprint density at radius 2 is 2.15 bits per heavy atom. The van der Waals surface area contributed by atoms with Gasteiger partial charge in [-0.05, 0) is 12.1 Å². The number of nitro groups is 1. The molecule has 0 unspecified atom stereocenters. The number of methoxy groups -OCH3 is 1. The molecule has 0 N–H and O–H groups in total. The number of hydrogen-bond acceptors (Lipinski definition) is 7. The lowest BCUT2D eigenvalue weighted by Crippen LogP contribution is -2.14. The Hall–Kier alpha value is -3.39. The van der Waals surface area contributed by atoms with Gasteiger partial charge in [-0.1, -0.05) is 18.2 Å². The van der Waals surface area contributed by atoms with Crippen LogP contribution in [0.1, 0.15) is 16.7 Å². The highest BCUT2D eigenvalue weighted by molar-refractivity contribution is 5.87. The average Bonchev–Trinajstić information content (AvgIpc) is 2.70. The molecule has 0 atom stereocenters. The Bertz CT molecular complexity index is 892. The molecule has 0 amide bonds. The van der Waals surface area contributed by atoms with Gasteiger partial charge in [-0.3, -0.25) is 10.1 Å². The maximum Gasteiger partial charge on any atom is 0.331 e. The van der Waals surface area contributed by atoms with E-state index in [9.17, 15) is 14.9 Å². The molecule has 0 bridgehead atoms. The number of nitro benzene ring substituents is 1. The van der Waals surface area contributed by atoms with Gasteiger partial charge in [-0.15, -0.1) is 0 Å². The Labute approximate surface area is 155 Å². The first-order chi connectivity index (χ1) is 13.1. The molecule has 2 aromatic rings. The smallest absolute Gasteiger partial charge is 0.331 e. The molecule has 8 nitrogen and oxygen atoms in total. The van der Waals surface area contributed by atoms with E-state index in [1.54, 1.807) is 25.3 Å². The van der Waals surface area contributed by atoms with Crippen molar-refractivity contribution in [2.45, 2.75) is 13.2 Å². The molecule has 27 heavy (non-hydrogen) atoms. The van der Waals surface area contributed by atoms with E-state index < -0.39 is 10.9 Å². The maximum atomic E-state index is 12.0. The van der Waals surface area contributed by atoms with E-state index >= 15 is 0 Å². The van der Waals surface area contributed by atoms with Gasteiger partial charge in [0.25, 0.3) is 5.69 Å². The molecule has 0 aromatic heterocycles. The number of non-ortho nitro benzene ring substituents is 1. The fraction of sp³-hybridized carbons (Fsp3) is 0.211. The van der Waals surface area contributed by atoms with E-state index in [1.807, 2.05) is 12.1 Å². The molecule has 140 valence electrons. The van der Waals surface area contributed by atoms with Crippen molar-refractivity contribution in [1.29, 1.82) is 0 Å². The average molecular weight is 371 g/mol. The monoisotopic (exact) mass is 371 g/mol. The Kier molecular flexibility index (Phi) is 5.68. The number of ether oxygens (including phenoxy) is 4. The standard InChI is InChI=1S/C19H17NO7/c1-24-17-5-3-2-4-13(17)6-7-18(21)26-11-15-9-16(20(22)23)8-14-10-25-12-27-19(14)15/h2-9H,10-12H2,1H3. The number of carbonyl (C=O) groups is 1. The first-order valence-electron chi connectivity index (χ1n) is 8.07. The number of nitrogens with zero attached hydrogens (tertiary/aromatic N) is 1. The molecule has 1 aliphatic heterocycles. The molecule has 1 aliphatic rings. The van der Waals surface area contributed by atoms with Crippen molar-refractivity contribution >= 4 is 17.7 Å². The normalized spacial score (nSPS) is 12.9. The molecular weight excluding hydrogens is 354 g/mol. The van der Waals surface area contributed by atoms with Crippen molar-refractivity contribution in [3.05, 3.63) is 69.3 Å². The number of rotatable bonds is 6. The van der Waals surface area contributed by atoms with Crippen LogP contribution in [-0.2, 0) is 27.5 Å². The fourth-order valence-electron chi connectivity index (χ4n) is 2.65. The molecule has 8 heteroatoms. The largest absolute Gasteiger partial charge is 0.496 e. The highest BCUT2D eigenvalue weighted by Gasteiger charge is 2.21. The molecule has 1 heterocycles. The predicted molar refractivity (Wildman–Crippen MR) is 95.2 cm³/mol. The zero-order chi connectivity index (χ0) is 19.2. The lowest BCUT2D eigenvalue weighted by atomic mass is 10.1. The van der Waals surface area contributed by atoms with E-state index in [0.717, 1.165) is 5.56 Å². The number of para-hydroxylation sites is 1. The summed E-state index contributed by atoms with van der Waals surface area (Å²) in [4.78, 5) is 22.6. The van der Waals surface area contributed by atoms with Gasteiger partial charge in [-0.2, -0.15) is 0 Å². The van der Waals surface area contributed by atoms with Gasteiger partial charge in [0, 0.05) is 34.9 Å². The van der Waals surface area contributed by atoms with Gasteiger partial charge < -0.3 is 18.9 Å². The maximum absolute atomic E-state index is 12.0. The van der Waals surface area contributed by atoms with Crippen LogP contribution in [0.3, 0.4) is 0 Å². The van der Waals surface area contributed by atoms with Crippen LogP contribution in [0.5, 0.6) is 11.5 Å². The summed E-state index contributed by atoms with van der Waals surface area (Å²) in [5.41, 5.74) is 1.58. The van der Waals surface area contributed by atoms with E-state index in [1.165, 1.54) is 18.2 Å². The van der Waals surface area contributed by atoms with Gasteiger partial charge in [0.05, 0.1) is 18.6 Å². The summed E-state index contributed by atoms with van der Waals surface area (Å²) in [5, 5.41) is 11.1. The van der Waals surface area contributed by atoms with Gasteiger partial charge in [0.15, 0.2) is 6.79 Å². The highest BCUT2D eigenvalue weighted by Crippen LogP contribution is 2.33. The molecular formula is C19H17NO7. The lowest BCUT2D eigenvalue weighted by molar-refractivity contribution is -0.385. The molecule has 3 rings (SSSR count). The van der Waals surface area contributed by atoms with Crippen LogP contribution in [0, 0.1) is 10.1 Å². The third-order valence-electron chi connectivity index (χ3n) is 3.89.